The predicted octanol–water partition coefficient (Wildman–Crippen LogP) is 10.3. The highest BCUT2D eigenvalue weighted by atomic mass is 32.1. The average Bonchev–Trinajstić information content (AvgIpc) is 2.80. The van der Waals surface area contributed by atoms with Gasteiger partial charge in [-0.25, -0.2) is 0 Å². The van der Waals surface area contributed by atoms with Crippen molar-refractivity contribution in [3.8, 4) is 0 Å². The first-order valence-corrected chi connectivity index (χ1v) is 16.6. The zero-order chi connectivity index (χ0) is 26.4. The van der Waals surface area contributed by atoms with E-state index in [9.17, 15) is 9.59 Å². The van der Waals surface area contributed by atoms with Crippen LogP contribution in [0, 0.1) is 5.92 Å². The third-order valence-electron chi connectivity index (χ3n) is 6.23. The third kappa shape index (κ3) is 41.1. The Labute approximate surface area is 228 Å². The van der Waals surface area contributed by atoms with E-state index in [0.717, 1.165) is 18.4 Å². The van der Waals surface area contributed by atoms with Gasteiger partial charge in [-0.15, -0.1) is 12.6 Å². The quantitative estimate of drug-likeness (QED) is 0.0728. The van der Waals surface area contributed by atoms with E-state index in [1.54, 1.807) is 0 Å². The maximum Gasteiger partial charge on any atom is 0.314 e. The number of thiol groups is 1. The average molecular weight is 529 g/mol. The fourth-order valence-corrected chi connectivity index (χ4v) is 4.86. The molecular weight excluding hydrogens is 468 g/mol. The Balaban J connectivity index is 0. The Bertz CT molecular complexity index is 439. The van der Waals surface area contributed by atoms with Crippen molar-refractivity contribution in [2.45, 2.75) is 175 Å². The second kappa shape index (κ2) is 31.7. The van der Waals surface area contributed by atoms with Crippen LogP contribution < -0.4 is 0 Å². The number of unbranched alkanes of at least 4 members (excludes halogenated alkanes) is 18. The summed E-state index contributed by atoms with van der Waals surface area (Å²) in [5, 5.41) is -0.139. The summed E-state index contributed by atoms with van der Waals surface area (Å²) in [5.74, 6) is 0.908. The summed E-state index contributed by atoms with van der Waals surface area (Å²) >= 11 is 3.33. The van der Waals surface area contributed by atoms with Gasteiger partial charge in [-0.05, 0) is 18.4 Å². The van der Waals surface area contributed by atoms with E-state index >= 15 is 0 Å². The summed E-state index contributed by atoms with van der Waals surface area (Å²) in [6, 6.07) is 1.07. The number of carbonyl (C=O) groups is 2. The smallest absolute Gasteiger partial charge is 0.314 e. The lowest BCUT2D eigenvalue weighted by molar-refractivity contribution is -0.134. The van der Waals surface area contributed by atoms with Crippen LogP contribution in [0.4, 0.5) is 0 Å². The van der Waals surface area contributed by atoms with Crippen LogP contribution in [0.2, 0.25) is 6.04 Å². The van der Waals surface area contributed by atoms with E-state index in [1.807, 2.05) is 0 Å². The number of hydrogen-bond donors (Lipinski definition) is 1. The van der Waals surface area contributed by atoms with Crippen molar-refractivity contribution in [3.05, 3.63) is 0 Å². The fourth-order valence-electron chi connectivity index (χ4n) is 4.10. The molecule has 0 aliphatic carbocycles. The van der Waals surface area contributed by atoms with Crippen LogP contribution in [-0.4, -0.2) is 20.8 Å². The van der Waals surface area contributed by atoms with Gasteiger partial charge in [0.2, 0.25) is 0 Å². The predicted molar refractivity (Wildman–Crippen MR) is 158 cm³/mol. The van der Waals surface area contributed by atoms with E-state index in [-0.39, 0.29) is 11.1 Å². The summed E-state index contributed by atoms with van der Waals surface area (Å²) in [6.07, 6.45) is 29.0. The molecule has 0 N–H and O–H groups in total. The Morgan fingerprint density at radius 1 is 0.657 bits per heavy atom. The molecule has 3 nitrogen and oxygen atoms in total. The van der Waals surface area contributed by atoms with Gasteiger partial charge in [0.15, 0.2) is 5.12 Å². The van der Waals surface area contributed by atoms with Crippen molar-refractivity contribution < 1.29 is 14.0 Å². The molecule has 0 aliphatic rings. The molecule has 0 heterocycles. The SMILES string of the molecule is CC(=O)S.CCCCCCCC[Si]OC(=O)CCCCCCCCCCCCCCCCC(C)C. The lowest BCUT2D eigenvalue weighted by Crippen LogP contribution is -2.08. The summed E-state index contributed by atoms with van der Waals surface area (Å²) in [6.45, 7) is 8.30. The first kappa shape index (κ1) is 36.9. The standard InChI is InChI=1S/C28H56O2Si.C2H4OS/c1-4-5-6-7-20-23-26-31-30-28(29)25-22-19-17-15-13-11-9-8-10-12-14-16-18-21-24-27(2)3;1-2(3)4/h27H,4-26H2,1-3H3;1H3,(H,3,4). The molecule has 35 heavy (non-hydrogen) atoms. The van der Waals surface area contributed by atoms with E-state index < -0.39 is 0 Å². The Morgan fingerprint density at radius 3 is 1.46 bits per heavy atom. The number of carbonyl (C=O) groups excluding carboxylic acids is 2. The van der Waals surface area contributed by atoms with Gasteiger partial charge in [0.05, 0.1) is 0 Å². The maximum atomic E-state index is 11.8. The molecule has 0 saturated heterocycles. The first-order valence-electron chi connectivity index (χ1n) is 15.0. The van der Waals surface area contributed by atoms with Crippen molar-refractivity contribution in [1.82, 2.24) is 0 Å². The van der Waals surface area contributed by atoms with E-state index in [4.69, 9.17) is 4.43 Å². The molecule has 0 atom stereocenters. The minimum atomic E-state index is -0.139. The first-order chi connectivity index (χ1) is 16.9. The van der Waals surface area contributed by atoms with Crippen LogP contribution >= 0.6 is 12.6 Å². The molecule has 208 valence electrons. The van der Waals surface area contributed by atoms with Crippen molar-refractivity contribution >= 4 is 33.5 Å². The molecule has 0 unspecified atom stereocenters. The topological polar surface area (TPSA) is 43.4 Å². The molecule has 0 saturated carbocycles. The molecular formula is C30H60O3SSi. The molecule has 0 rings (SSSR count). The van der Waals surface area contributed by atoms with Crippen molar-refractivity contribution in [1.29, 1.82) is 0 Å². The number of rotatable bonds is 25. The molecule has 5 heteroatoms. The highest BCUT2D eigenvalue weighted by Crippen LogP contribution is 2.15. The van der Waals surface area contributed by atoms with Crippen molar-refractivity contribution in [3.63, 3.8) is 0 Å². The molecule has 0 bridgehead atoms. The molecule has 0 spiro atoms. The highest BCUT2D eigenvalue weighted by Gasteiger charge is 2.04. The van der Waals surface area contributed by atoms with Gasteiger partial charge in [0, 0.05) is 13.3 Å². The molecule has 0 aromatic heterocycles. The zero-order valence-electron chi connectivity index (χ0n) is 24.0. The molecule has 0 aromatic carbocycles. The Hall–Kier alpha value is -0.293. The summed E-state index contributed by atoms with van der Waals surface area (Å²) in [4.78, 5) is 21.1. The molecule has 0 aliphatic heterocycles. The van der Waals surface area contributed by atoms with Crippen LogP contribution in [-0.2, 0) is 14.0 Å². The number of hydrogen-bond acceptors (Lipinski definition) is 3. The van der Waals surface area contributed by atoms with Gasteiger partial charge in [0.25, 0.3) is 5.97 Å². The van der Waals surface area contributed by atoms with Crippen LogP contribution in [0.3, 0.4) is 0 Å². The van der Waals surface area contributed by atoms with Gasteiger partial charge in [-0.2, -0.15) is 0 Å². The van der Waals surface area contributed by atoms with Gasteiger partial charge in [-0.3, -0.25) is 9.59 Å². The van der Waals surface area contributed by atoms with Crippen molar-refractivity contribution in [2.24, 2.45) is 5.92 Å². The third-order valence-corrected chi connectivity index (χ3v) is 7.16. The lowest BCUT2D eigenvalue weighted by atomic mass is 10.0. The van der Waals surface area contributed by atoms with Crippen LogP contribution in [0.15, 0.2) is 0 Å². The van der Waals surface area contributed by atoms with Gasteiger partial charge < -0.3 is 4.43 Å². The van der Waals surface area contributed by atoms with Crippen LogP contribution in [0.1, 0.15) is 169 Å². The lowest BCUT2D eigenvalue weighted by Gasteiger charge is -2.05. The van der Waals surface area contributed by atoms with Crippen LogP contribution in [0.5, 0.6) is 0 Å². The summed E-state index contributed by atoms with van der Waals surface area (Å²) < 4.78 is 5.39. The van der Waals surface area contributed by atoms with Crippen molar-refractivity contribution in [2.75, 3.05) is 0 Å². The van der Waals surface area contributed by atoms with E-state index in [0.29, 0.717) is 16.2 Å². The van der Waals surface area contributed by atoms with Gasteiger partial charge in [0.1, 0.15) is 0 Å². The Morgan fingerprint density at radius 2 is 1.03 bits per heavy atom. The normalized spacial score (nSPS) is 10.8. The van der Waals surface area contributed by atoms with Gasteiger partial charge >= 0.3 is 9.76 Å². The van der Waals surface area contributed by atoms with Gasteiger partial charge in [-0.1, -0.05) is 149 Å². The molecule has 0 aromatic rings. The summed E-state index contributed by atoms with van der Waals surface area (Å²) in [5.41, 5.74) is 0. The maximum absolute atomic E-state index is 11.8. The second-order valence-corrected chi connectivity index (χ2v) is 12.2. The van der Waals surface area contributed by atoms with E-state index in [2.05, 4.69) is 33.4 Å². The molecule has 0 amide bonds. The van der Waals surface area contributed by atoms with Crippen LogP contribution in [0.25, 0.3) is 0 Å². The minimum Gasteiger partial charge on any atom is -0.516 e. The molecule has 2 radical (unpaired) electrons. The zero-order valence-corrected chi connectivity index (χ0v) is 25.9. The fraction of sp³-hybridized carbons (Fsp3) is 0.933. The summed E-state index contributed by atoms with van der Waals surface area (Å²) in [7, 11) is 0.385. The second-order valence-electron chi connectivity index (χ2n) is 10.5. The monoisotopic (exact) mass is 528 g/mol. The van der Waals surface area contributed by atoms with E-state index in [1.165, 1.54) is 135 Å². The largest absolute Gasteiger partial charge is 0.516 e. The molecule has 0 fully saturated rings. The Kier molecular flexibility index (Phi) is 33.4. The minimum absolute atomic E-state index is 0.0317. The highest BCUT2D eigenvalue weighted by molar-refractivity contribution is 7.96.